The van der Waals surface area contributed by atoms with Gasteiger partial charge in [0, 0.05) is 12.1 Å². The SMILES string of the molecule is Cc1ccc(CNC(=O)C(C)SC2=Nc3ccccc3C3=NC(=O)C(C(C)C)N23)cc1. The van der Waals surface area contributed by atoms with E-state index in [1.54, 1.807) is 0 Å². The van der Waals surface area contributed by atoms with Crippen molar-refractivity contribution in [2.24, 2.45) is 15.9 Å². The summed E-state index contributed by atoms with van der Waals surface area (Å²) in [5.41, 5.74) is 3.86. The van der Waals surface area contributed by atoms with Crippen LogP contribution in [0.2, 0.25) is 0 Å². The second-order valence-electron chi connectivity index (χ2n) is 8.21. The van der Waals surface area contributed by atoms with E-state index < -0.39 is 6.04 Å². The summed E-state index contributed by atoms with van der Waals surface area (Å²) in [6.07, 6.45) is 0. The van der Waals surface area contributed by atoms with E-state index >= 15 is 0 Å². The number of aliphatic imine (C=N–C) groups is 2. The predicted octanol–water partition coefficient (Wildman–Crippen LogP) is 4.05. The van der Waals surface area contributed by atoms with Crippen molar-refractivity contribution in [2.45, 2.75) is 45.5 Å². The molecular formula is C24H26N4O2S. The van der Waals surface area contributed by atoms with E-state index in [0.717, 1.165) is 16.8 Å². The minimum Gasteiger partial charge on any atom is -0.351 e. The average Bonchev–Trinajstić information content (AvgIpc) is 3.11. The number of nitrogens with one attached hydrogen (secondary N) is 1. The fourth-order valence-electron chi connectivity index (χ4n) is 3.70. The molecule has 0 bridgehead atoms. The van der Waals surface area contributed by atoms with Crippen LogP contribution in [0.1, 0.15) is 37.5 Å². The van der Waals surface area contributed by atoms with Crippen LogP contribution >= 0.6 is 11.8 Å². The van der Waals surface area contributed by atoms with Gasteiger partial charge in [-0.05, 0) is 37.5 Å². The number of para-hydroxylation sites is 1. The normalized spacial score (nSPS) is 18.3. The first-order valence-corrected chi connectivity index (χ1v) is 11.3. The van der Waals surface area contributed by atoms with E-state index in [2.05, 4.69) is 10.3 Å². The maximum Gasteiger partial charge on any atom is 0.271 e. The van der Waals surface area contributed by atoms with Crippen LogP contribution in [0.3, 0.4) is 0 Å². The molecule has 2 aliphatic rings. The lowest BCUT2D eigenvalue weighted by molar-refractivity contribution is -0.121. The molecule has 160 valence electrons. The van der Waals surface area contributed by atoms with Gasteiger partial charge in [0.05, 0.1) is 10.9 Å². The predicted molar refractivity (Wildman–Crippen MR) is 126 cm³/mol. The highest BCUT2D eigenvalue weighted by atomic mass is 32.2. The number of fused-ring (bicyclic) bond motifs is 3. The molecular weight excluding hydrogens is 408 g/mol. The Morgan fingerprint density at radius 3 is 2.52 bits per heavy atom. The molecule has 1 N–H and O–H groups in total. The third kappa shape index (κ3) is 4.28. The number of carbonyl (C=O) groups is 2. The first-order valence-electron chi connectivity index (χ1n) is 10.4. The molecule has 7 heteroatoms. The molecule has 4 rings (SSSR count). The van der Waals surface area contributed by atoms with Crippen molar-refractivity contribution in [1.82, 2.24) is 10.2 Å². The molecule has 6 nitrogen and oxygen atoms in total. The minimum absolute atomic E-state index is 0.0653. The Balaban J connectivity index is 1.54. The minimum atomic E-state index is -0.405. The Morgan fingerprint density at radius 1 is 1.10 bits per heavy atom. The van der Waals surface area contributed by atoms with Crippen molar-refractivity contribution in [3.63, 3.8) is 0 Å². The molecule has 2 amide bonds. The number of aryl methyl sites for hydroxylation is 1. The van der Waals surface area contributed by atoms with Crippen LogP contribution in [0.25, 0.3) is 0 Å². The first-order chi connectivity index (χ1) is 14.8. The van der Waals surface area contributed by atoms with Gasteiger partial charge in [-0.15, -0.1) is 0 Å². The molecule has 2 aromatic rings. The lowest BCUT2D eigenvalue weighted by Gasteiger charge is -2.33. The van der Waals surface area contributed by atoms with Crippen LogP contribution < -0.4 is 5.32 Å². The summed E-state index contributed by atoms with van der Waals surface area (Å²) >= 11 is 1.36. The molecule has 0 aromatic heterocycles. The van der Waals surface area contributed by atoms with E-state index in [1.165, 1.54) is 17.3 Å². The molecule has 0 saturated heterocycles. The van der Waals surface area contributed by atoms with E-state index in [0.29, 0.717) is 17.5 Å². The summed E-state index contributed by atoms with van der Waals surface area (Å²) in [6, 6.07) is 15.4. The highest BCUT2D eigenvalue weighted by molar-refractivity contribution is 8.14. The lowest BCUT2D eigenvalue weighted by atomic mass is 10.0. The van der Waals surface area contributed by atoms with Crippen molar-refractivity contribution in [3.8, 4) is 0 Å². The molecule has 0 fully saturated rings. The molecule has 2 atom stereocenters. The number of benzene rings is 2. The number of nitrogens with zero attached hydrogens (tertiary/aromatic N) is 3. The highest BCUT2D eigenvalue weighted by Gasteiger charge is 2.43. The molecule has 0 spiro atoms. The van der Waals surface area contributed by atoms with Crippen LogP contribution in [0.5, 0.6) is 0 Å². The maximum atomic E-state index is 12.8. The zero-order valence-corrected chi connectivity index (χ0v) is 18.9. The fraction of sp³-hybridized carbons (Fsp3) is 0.333. The van der Waals surface area contributed by atoms with Gasteiger partial charge >= 0.3 is 0 Å². The maximum absolute atomic E-state index is 12.8. The summed E-state index contributed by atoms with van der Waals surface area (Å²) < 4.78 is 0. The smallest absolute Gasteiger partial charge is 0.271 e. The highest BCUT2D eigenvalue weighted by Crippen LogP contribution is 2.36. The number of hydrogen-bond acceptors (Lipinski definition) is 5. The summed E-state index contributed by atoms with van der Waals surface area (Å²) in [6.45, 7) is 8.37. The number of rotatable bonds is 5. The monoisotopic (exact) mass is 434 g/mol. The van der Waals surface area contributed by atoms with Gasteiger partial charge in [0.1, 0.15) is 11.9 Å². The number of thioether (sulfide) groups is 1. The standard InChI is InChI=1S/C24H26N4O2S/c1-14(2)20-23(30)27-21-18-7-5-6-8-19(18)26-24(28(20)21)31-16(4)22(29)25-13-17-11-9-15(3)10-12-17/h5-12,14,16,20H,13H2,1-4H3,(H,25,29). The van der Waals surface area contributed by atoms with E-state index in [9.17, 15) is 9.59 Å². The van der Waals surface area contributed by atoms with Crippen molar-refractivity contribution in [2.75, 3.05) is 0 Å². The van der Waals surface area contributed by atoms with Crippen LogP contribution in [0.4, 0.5) is 5.69 Å². The second-order valence-corrected chi connectivity index (χ2v) is 9.52. The molecule has 31 heavy (non-hydrogen) atoms. The van der Waals surface area contributed by atoms with E-state index in [-0.39, 0.29) is 23.0 Å². The van der Waals surface area contributed by atoms with Crippen LogP contribution in [0.15, 0.2) is 58.5 Å². The summed E-state index contributed by atoms with van der Waals surface area (Å²) in [4.78, 5) is 36.5. The molecule has 2 unspecified atom stereocenters. The first kappa shape index (κ1) is 21.3. The third-order valence-electron chi connectivity index (χ3n) is 5.41. The van der Waals surface area contributed by atoms with Crippen LogP contribution in [0, 0.1) is 12.8 Å². The zero-order valence-electron chi connectivity index (χ0n) is 18.1. The Hall–Kier alpha value is -2.93. The number of carbonyl (C=O) groups excluding carboxylic acids is 2. The molecule has 0 radical (unpaired) electrons. The number of amidine groups is 2. The van der Waals surface area contributed by atoms with Crippen molar-refractivity contribution < 1.29 is 9.59 Å². The van der Waals surface area contributed by atoms with Gasteiger partial charge in [-0.1, -0.05) is 67.6 Å². The fourth-order valence-corrected chi connectivity index (χ4v) is 4.67. The van der Waals surface area contributed by atoms with Crippen molar-refractivity contribution >= 4 is 40.3 Å². The molecule has 0 saturated carbocycles. The Labute approximate surface area is 186 Å². The summed E-state index contributed by atoms with van der Waals surface area (Å²) in [5, 5.41) is 3.26. The zero-order chi connectivity index (χ0) is 22.1. The van der Waals surface area contributed by atoms with Gasteiger partial charge in [-0.2, -0.15) is 4.99 Å². The van der Waals surface area contributed by atoms with E-state index in [4.69, 9.17) is 4.99 Å². The molecule has 2 heterocycles. The topological polar surface area (TPSA) is 74.1 Å². The van der Waals surface area contributed by atoms with Gasteiger partial charge < -0.3 is 5.32 Å². The van der Waals surface area contributed by atoms with Crippen molar-refractivity contribution in [1.29, 1.82) is 0 Å². The van der Waals surface area contributed by atoms with Gasteiger partial charge in [-0.3, -0.25) is 14.5 Å². The Morgan fingerprint density at radius 2 is 1.81 bits per heavy atom. The summed E-state index contributed by atoms with van der Waals surface area (Å²) in [5.74, 6) is 0.461. The molecule has 2 aliphatic heterocycles. The molecule has 2 aromatic carbocycles. The van der Waals surface area contributed by atoms with E-state index in [1.807, 2.05) is 81.1 Å². The second kappa shape index (κ2) is 8.67. The summed E-state index contributed by atoms with van der Waals surface area (Å²) in [7, 11) is 0. The molecule has 0 aliphatic carbocycles. The van der Waals surface area contributed by atoms with Gasteiger partial charge in [0.15, 0.2) is 5.17 Å². The van der Waals surface area contributed by atoms with Crippen molar-refractivity contribution in [3.05, 3.63) is 65.2 Å². The Bertz CT molecular complexity index is 1080. The lowest BCUT2D eigenvalue weighted by Crippen LogP contribution is -2.47. The van der Waals surface area contributed by atoms with Gasteiger partial charge in [0.25, 0.3) is 5.91 Å². The average molecular weight is 435 g/mol. The van der Waals surface area contributed by atoms with Crippen LogP contribution in [-0.4, -0.2) is 39.0 Å². The third-order valence-corrected chi connectivity index (χ3v) is 6.48. The quantitative estimate of drug-likeness (QED) is 0.771. The van der Waals surface area contributed by atoms with Crippen LogP contribution in [-0.2, 0) is 16.1 Å². The Kier molecular flexibility index (Phi) is 5.96. The number of hydrogen-bond donors (Lipinski definition) is 1. The van der Waals surface area contributed by atoms with Gasteiger partial charge in [-0.25, -0.2) is 4.99 Å². The largest absolute Gasteiger partial charge is 0.351 e. The van der Waals surface area contributed by atoms with Gasteiger partial charge in [0.2, 0.25) is 5.91 Å². The number of amides is 2.